The van der Waals surface area contributed by atoms with Crippen LogP contribution in [0.15, 0.2) is 34.7 Å². The Kier molecular flexibility index (Phi) is 5.98. The molecular formula is C17H21F2NO3. The van der Waals surface area contributed by atoms with Gasteiger partial charge < -0.3 is 19.2 Å². The fourth-order valence-electron chi connectivity index (χ4n) is 2.18. The van der Waals surface area contributed by atoms with E-state index in [4.69, 9.17) is 9.15 Å². The normalized spacial score (nSPS) is 12.4. The van der Waals surface area contributed by atoms with Crippen molar-refractivity contribution in [3.05, 3.63) is 47.4 Å². The molecule has 6 heteroatoms. The first-order valence-electron chi connectivity index (χ1n) is 7.49. The van der Waals surface area contributed by atoms with Gasteiger partial charge in [0.15, 0.2) is 11.5 Å². The highest BCUT2D eigenvalue weighted by Crippen LogP contribution is 2.30. The van der Waals surface area contributed by atoms with Crippen LogP contribution in [-0.4, -0.2) is 13.2 Å². The van der Waals surface area contributed by atoms with Crippen LogP contribution in [0.4, 0.5) is 8.78 Å². The second-order valence-electron chi connectivity index (χ2n) is 5.14. The molecule has 1 aromatic carbocycles. The van der Waals surface area contributed by atoms with Crippen LogP contribution in [0.2, 0.25) is 0 Å². The molecule has 0 amide bonds. The Morgan fingerprint density at radius 2 is 1.96 bits per heavy atom. The first-order chi connectivity index (χ1) is 11.0. The molecule has 1 atom stereocenters. The van der Waals surface area contributed by atoms with Crippen molar-refractivity contribution in [2.75, 3.05) is 6.61 Å². The molecule has 0 radical (unpaired) electrons. The molecular weight excluding hydrogens is 304 g/mol. The lowest BCUT2D eigenvalue weighted by Crippen LogP contribution is -2.17. The molecule has 0 saturated carbocycles. The third kappa shape index (κ3) is 4.96. The van der Waals surface area contributed by atoms with Crippen molar-refractivity contribution < 1.29 is 22.7 Å². The van der Waals surface area contributed by atoms with Gasteiger partial charge in [-0.05, 0) is 50.6 Å². The topological polar surface area (TPSA) is 43.6 Å². The maximum Gasteiger partial charge on any atom is 0.387 e. The summed E-state index contributed by atoms with van der Waals surface area (Å²) < 4.78 is 40.2. The summed E-state index contributed by atoms with van der Waals surface area (Å²) >= 11 is 0. The molecule has 0 saturated heterocycles. The van der Waals surface area contributed by atoms with Crippen LogP contribution < -0.4 is 14.8 Å². The molecule has 0 aliphatic heterocycles. The highest BCUT2D eigenvalue weighted by atomic mass is 19.3. The Morgan fingerprint density at radius 3 is 2.57 bits per heavy atom. The van der Waals surface area contributed by atoms with E-state index >= 15 is 0 Å². The van der Waals surface area contributed by atoms with Gasteiger partial charge in [-0.1, -0.05) is 6.07 Å². The standard InChI is InChI=1S/C17H21F2NO3/c1-4-21-16-9-13(6-8-15(16)23-17(18)19)10-20-12(3)14-7-5-11(2)22-14/h5-9,12,17,20H,4,10H2,1-3H3. The van der Waals surface area contributed by atoms with Crippen molar-refractivity contribution in [2.24, 2.45) is 0 Å². The van der Waals surface area contributed by atoms with Crippen molar-refractivity contribution >= 4 is 0 Å². The Bertz CT molecular complexity index is 628. The highest BCUT2D eigenvalue weighted by molar-refractivity contribution is 5.43. The number of rotatable bonds is 8. The molecule has 4 nitrogen and oxygen atoms in total. The van der Waals surface area contributed by atoms with Gasteiger partial charge in [0.2, 0.25) is 0 Å². The summed E-state index contributed by atoms with van der Waals surface area (Å²) in [6.45, 7) is 3.73. The second kappa shape index (κ2) is 7.97. The van der Waals surface area contributed by atoms with Crippen molar-refractivity contribution in [1.29, 1.82) is 0 Å². The van der Waals surface area contributed by atoms with E-state index in [0.29, 0.717) is 18.9 Å². The third-order valence-electron chi connectivity index (χ3n) is 3.32. The predicted molar refractivity (Wildman–Crippen MR) is 82.9 cm³/mol. The number of nitrogens with one attached hydrogen (secondary N) is 1. The number of halogens is 2. The van der Waals surface area contributed by atoms with Gasteiger partial charge in [0.25, 0.3) is 0 Å². The Balaban J connectivity index is 2.03. The lowest BCUT2D eigenvalue weighted by Gasteiger charge is -2.15. The number of hydrogen-bond acceptors (Lipinski definition) is 4. The maximum absolute atomic E-state index is 12.4. The number of furan rings is 1. The monoisotopic (exact) mass is 325 g/mol. The molecule has 0 fully saturated rings. The van der Waals surface area contributed by atoms with Crippen LogP contribution in [0.3, 0.4) is 0 Å². The SMILES string of the molecule is CCOc1cc(CNC(C)c2ccc(C)o2)ccc1OC(F)F. The van der Waals surface area contributed by atoms with Gasteiger partial charge in [0.1, 0.15) is 11.5 Å². The smallest absolute Gasteiger partial charge is 0.387 e. The quantitative estimate of drug-likeness (QED) is 0.779. The van der Waals surface area contributed by atoms with Gasteiger partial charge in [-0.25, -0.2) is 0 Å². The summed E-state index contributed by atoms with van der Waals surface area (Å²) in [5.41, 5.74) is 0.908. The molecule has 0 spiro atoms. The molecule has 0 aliphatic carbocycles. The van der Waals surface area contributed by atoms with E-state index in [1.54, 1.807) is 19.1 Å². The van der Waals surface area contributed by atoms with E-state index < -0.39 is 6.61 Å². The van der Waals surface area contributed by atoms with E-state index in [2.05, 4.69) is 10.1 Å². The van der Waals surface area contributed by atoms with Crippen LogP contribution in [0.5, 0.6) is 11.5 Å². The van der Waals surface area contributed by atoms with Gasteiger partial charge in [-0.2, -0.15) is 8.78 Å². The molecule has 0 aliphatic rings. The number of alkyl halides is 2. The molecule has 126 valence electrons. The lowest BCUT2D eigenvalue weighted by atomic mass is 10.1. The average molecular weight is 325 g/mol. The molecule has 1 N–H and O–H groups in total. The summed E-state index contributed by atoms with van der Waals surface area (Å²) in [6.07, 6.45) is 0. The molecule has 23 heavy (non-hydrogen) atoms. The van der Waals surface area contributed by atoms with Crippen molar-refractivity contribution in [2.45, 2.75) is 40.0 Å². The molecule has 1 aromatic heterocycles. The van der Waals surface area contributed by atoms with Gasteiger partial charge >= 0.3 is 6.61 Å². The minimum absolute atomic E-state index is 0.0382. The number of benzene rings is 1. The highest BCUT2D eigenvalue weighted by Gasteiger charge is 2.13. The summed E-state index contributed by atoms with van der Waals surface area (Å²) in [5, 5.41) is 3.32. The second-order valence-corrected chi connectivity index (χ2v) is 5.14. The van der Waals surface area contributed by atoms with Crippen molar-refractivity contribution in [1.82, 2.24) is 5.32 Å². The van der Waals surface area contributed by atoms with Crippen molar-refractivity contribution in [3.63, 3.8) is 0 Å². The minimum atomic E-state index is -2.87. The molecule has 2 rings (SSSR count). The molecule has 2 aromatic rings. The number of aryl methyl sites for hydroxylation is 1. The Labute approximate surface area is 134 Å². The van der Waals surface area contributed by atoms with Crippen LogP contribution >= 0.6 is 0 Å². The zero-order valence-corrected chi connectivity index (χ0v) is 13.4. The Morgan fingerprint density at radius 1 is 1.17 bits per heavy atom. The van der Waals surface area contributed by atoms with Gasteiger partial charge in [-0.15, -0.1) is 0 Å². The average Bonchev–Trinajstić information content (AvgIpc) is 2.93. The number of ether oxygens (including phenoxy) is 2. The number of hydrogen-bond donors (Lipinski definition) is 1. The Hall–Kier alpha value is -2.08. The lowest BCUT2D eigenvalue weighted by molar-refractivity contribution is -0.0514. The van der Waals surface area contributed by atoms with Crippen LogP contribution in [0.1, 0.15) is 37.0 Å². The van der Waals surface area contributed by atoms with Gasteiger partial charge in [0.05, 0.1) is 12.6 Å². The van der Waals surface area contributed by atoms with Crippen LogP contribution in [0.25, 0.3) is 0 Å². The zero-order chi connectivity index (χ0) is 16.8. The molecule has 1 unspecified atom stereocenters. The van der Waals surface area contributed by atoms with E-state index in [0.717, 1.165) is 17.1 Å². The zero-order valence-electron chi connectivity index (χ0n) is 13.4. The summed E-state index contributed by atoms with van der Waals surface area (Å²) in [4.78, 5) is 0. The van der Waals surface area contributed by atoms with Gasteiger partial charge in [0, 0.05) is 6.54 Å². The van der Waals surface area contributed by atoms with E-state index in [-0.39, 0.29) is 11.8 Å². The van der Waals surface area contributed by atoms with E-state index in [1.807, 2.05) is 26.0 Å². The summed E-state index contributed by atoms with van der Waals surface area (Å²) in [5.74, 6) is 2.07. The van der Waals surface area contributed by atoms with Crippen molar-refractivity contribution in [3.8, 4) is 11.5 Å². The minimum Gasteiger partial charge on any atom is -0.490 e. The summed E-state index contributed by atoms with van der Waals surface area (Å²) in [7, 11) is 0. The summed E-state index contributed by atoms with van der Waals surface area (Å²) in [6, 6.07) is 8.81. The first-order valence-corrected chi connectivity index (χ1v) is 7.49. The van der Waals surface area contributed by atoms with E-state index in [1.165, 1.54) is 6.07 Å². The molecule has 0 bridgehead atoms. The predicted octanol–water partition coefficient (Wildman–Crippen LogP) is 4.44. The molecule has 1 heterocycles. The first kappa shape index (κ1) is 17.3. The van der Waals surface area contributed by atoms with E-state index in [9.17, 15) is 8.78 Å². The van der Waals surface area contributed by atoms with Crippen LogP contribution in [0, 0.1) is 6.92 Å². The third-order valence-corrected chi connectivity index (χ3v) is 3.32. The largest absolute Gasteiger partial charge is 0.490 e. The maximum atomic E-state index is 12.4. The van der Waals surface area contributed by atoms with Crippen LogP contribution in [-0.2, 0) is 6.54 Å². The fraction of sp³-hybridized carbons (Fsp3) is 0.412. The fourth-order valence-corrected chi connectivity index (χ4v) is 2.18. The van der Waals surface area contributed by atoms with Gasteiger partial charge in [-0.3, -0.25) is 0 Å².